The van der Waals surface area contributed by atoms with E-state index < -0.39 is 50.5 Å². The van der Waals surface area contributed by atoms with Gasteiger partial charge in [-0.2, -0.15) is 0 Å². The summed E-state index contributed by atoms with van der Waals surface area (Å²) >= 11 is 0. The number of ether oxygens (including phenoxy) is 1. The molecule has 24 heavy (non-hydrogen) atoms. The van der Waals surface area contributed by atoms with Gasteiger partial charge >= 0.3 is 13.9 Å². The maximum Gasteiger partial charge on any atom is 0.695 e. The number of H-pyrrole nitrogens is 1. The summed E-state index contributed by atoms with van der Waals surface area (Å²) < 4.78 is 22.0. The van der Waals surface area contributed by atoms with Gasteiger partial charge in [-0.25, -0.2) is 4.79 Å². The van der Waals surface area contributed by atoms with Crippen LogP contribution < -0.4 is 17.0 Å². The van der Waals surface area contributed by atoms with E-state index in [2.05, 4.69) is 4.98 Å². The van der Waals surface area contributed by atoms with E-state index in [0.717, 1.165) is 22.9 Å². The smallest absolute Gasteiger partial charge is 0.394 e. The number of nitrogens with two attached hydrogens (primary N) is 1. The average Bonchev–Trinajstić information content (AvgIpc) is 2.88. The predicted molar refractivity (Wildman–Crippen MR) is 79.9 cm³/mol. The Kier molecular flexibility index (Phi) is 5.75. The summed E-state index contributed by atoms with van der Waals surface area (Å²) in [5.41, 5.74) is 3.43. The summed E-state index contributed by atoms with van der Waals surface area (Å²) in [6, 6.07) is 0. The largest absolute Gasteiger partial charge is 0.695 e. The number of rotatable bonds is 6. The number of hydrogen-bond acceptors (Lipinski definition) is 7. The van der Waals surface area contributed by atoms with Crippen molar-refractivity contribution in [2.45, 2.75) is 24.9 Å². The molecule has 11 nitrogen and oxygen atoms in total. The topological polar surface area (TPSA) is 174 Å². The average molecular weight is 360 g/mol. The highest BCUT2D eigenvalue weighted by atomic mass is 31.1. The molecule has 1 aromatic heterocycles. The van der Waals surface area contributed by atoms with E-state index >= 15 is 0 Å². The molecule has 0 saturated carbocycles. The van der Waals surface area contributed by atoms with Crippen molar-refractivity contribution in [1.82, 2.24) is 9.55 Å². The Morgan fingerprint density at radius 1 is 1.58 bits per heavy atom. The molecule has 2 rings (SSSR count). The van der Waals surface area contributed by atoms with E-state index in [1.165, 1.54) is 0 Å². The number of aromatic amines is 1. The number of primary amides is 1. The van der Waals surface area contributed by atoms with Gasteiger partial charge in [0.25, 0.3) is 5.56 Å². The SMILES string of the molecule is NC(=O)/C=C/c1cn([C@H]2C[C@@H](O[P+](=O)O)[C@@H](CO)O2)c(=O)[nH]c1=O. The number of nitrogens with one attached hydrogen (secondary N) is 1. The van der Waals surface area contributed by atoms with Crippen LogP contribution in [0.4, 0.5) is 0 Å². The van der Waals surface area contributed by atoms with E-state index in [1.807, 2.05) is 0 Å². The van der Waals surface area contributed by atoms with Gasteiger partial charge in [-0.15, -0.1) is 9.42 Å². The summed E-state index contributed by atoms with van der Waals surface area (Å²) in [6.07, 6.45) is 0.481. The van der Waals surface area contributed by atoms with Crippen molar-refractivity contribution in [2.75, 3.05) is 6.61 Å². The van der Waals surface area contributed by atoms with Gasteiger partial charge in [-0.3, -0.25) is 19.1 Å². The Balaban J connectivity index is 2.33. The molecular formula is C12H15N3O8P+. The lowest BCUT2D eigenvalue weighted by Gasteiger charge is -2.14. The first-order chi connectivity index (χ1) is 11.3. The number of hydrogen-bond donors (Lipinski definition) is 4. The van der Waals surface area contributed by atoms with Gasteiger partial charge in [-0.1, -0.05) is 0 Å². The molecule has 1 unspecified atom stereocenters. The molecule has 1 fully saturated rings. The molecule has 2 heterocycles. The second-order valence-electron chi connectivity index (χ2n) is 4.92. The van der Waals surface area contributed by atoms with Crippen molar-refractivity contribution in [2.24, 2.45) is 5.73 Å². The molecule has 1 saturated heterocycles. The van der Waals surface area contributed by atoms with Crippen LogP contribution in [0.2, 0.25) is 0 Å². The van der Waals surface area contributed by atoms with Gasteiger partial charge in [0, 0.05) is 23.3 Å². The summed E-state index contributed by atoms with van der Waals surface area (Å²) in [6.45, 7) is -0.489. The van der Waals surface area contributed by atoms with Gasteiger partial charge in [0.1, 0.15) is 18.4 Å². The van der Waals surface area contributed by atoms with Crippen molar-refractivity contribution < 1.29 is 28.6 Å². The van der Waals surface area contributed by atoms with Gasteiger partial charge in [0.05, 0.1) is 12.2 Å². The molecule has 0 spiro atoms. The van der Waals surface area contributed by atoms with E-state index in [4.69, 9.17) is 19.9 Å². The molecule has 12 heteroatoms. The summed E-state index contributed by atoms with van der Waals surface area (Å²) in [7, 11) is -2.91. The zero-order chi connectivity index (χ0) is 17.9. The minimum Gasteiger partial charge on any atom is -0.394 e. The third-order valence-electron chi connectivity index (χ3n) is 3.32. The molecule has 130 valence electrons. The van der Waals surface area contributed by atoms with Gasteiger partial charge < -0.3 is 15.6 Å². The fraction of sp³-hybridized carbons (Fsp3) is 0.417. The lowest BCUT2D eigenvalue weighted by molar-refractivity contribution is -0.113. The highest BCUT2D eigenvalue weighted by molar-refractivity contribution is 7.32. The van der Waals surface area contributed by atoms with Crippen molar-refractivity contribution in [3.05, 3.63) is 38.7 Å². The fourth-order valence-electron chi connectivity index (χ4n) is 2.27. The van der Waals surface area contributed by atoms with E-state index in [1.54, 1.807) is 0 Å². The first-order valence-corrected chi connectivity index (χ1v) is 7.87. The van der Waals surface area contributed by atoms with Gasteiger partial charge in [0.15, 0.2) is 0 Å². The third kappa shape index (κ3) is 4.22. The zero-order valence-corrected chi connectivity index (χ0v) is 13.1. The highest BCUT2D eigenvalue weighted by Gasteiger charge is 2.42. The minimum atomic E-state index is -2.91. The molecule has 0 aromatic carbocycles. The number of aliphatic hydroxyl groups is 1. The second-order valence-corrected chi connectivity index (χ2v) is 5.60. The monoisotopic (exact) mass is 360 g/mol. The highest BCUT2D eigenvalue weighted by Crippen LogP contribution is 2.34. The van der Waals surface area contributed by atoms with Crippen molar-refractivity contribution in [3.8, 4) is 0 Å². The number of aromatic nitrogens is 2. The Morgan fingerprint density at radius 3 is 2.88 bits per heavy atom. The summed E-state index contributed by atoms with van der Waals surface area (Å²) in [5.74, 6) is -0.773. The van der Waals surface area contributed by atoms with Crippen LogP contribution in [-0.4, -0.2) is 44.3 Å². The van der Waals surface area contributed by atoms with Gasteiger partial charge in [0.2, 0.25) is 5.91 Å². The number of nitrogens with zero attached hydrogens (tertiary/aromatic N) is 1. The first kappa shape index (κ1) is 18.2. The Hall–Kier alpha value is -2.17. The van der Waals surface area contributed by atoms with Crippen LogP contribution in [-0.2, 0) is 18.6 Å². The van der Waals surface area contributed by atoms with Crippen molar-refractivity contribution >= 4 is 20.2 Å². The van der Waals surface area contributed by atoms with E-state index in [0.29, 0.717) is 0 Å². The summed E-state index contributed by atoms with van der Waals surface area (Å²) in [4.78, 5) is 45.3. The lowest BCUT2D eigenvalue weighted by atomic mass is 10.2. The van der Waals surface area contributed by atoms with Crippen LogP contribution >= 0.6 is 8.25 Å². The summed E-state index contributed by atoms with van der Waals surface area (Å²) in [5, 5.41) is 9.24. The second kappa shape index (κ2) is 7.60. The van der Waals surface area contributed by atoms with Crippen molar-refractivity contribution in [1.29, 1.82) is 0 Å². The fourth-order valence-corrected chi connectivity index (χ4v) is 2.72. The quantitative estimate of drug-likeness (QED) is 0.345. The van der Waals surface area contributed by atoms with Crippen molar-refractivity contribution in [3.63, 3.8) is 0 Å². The van der Waals surface area contributed by atoms with E-state index in [9.17, 15) is 24.1 Å². The third-order valence-corrected chi connectivity index (χ3v) is 3.77. The predicted octanol–water partition coefficient (Wildman–Crippen LogP) is -1.65. The number of aliphatic hydroxyl groups excluding tert-OH is 1. The Bertz CT molecular complexity index is 785. The molecule has 5 N–H and O–H groups in total. The molecule has 1 aromatic rings. The molecule has 0 radical (unpaired) electrons. The Morgan fingerprint density at radius 2 is 2.29 bits per heavy atom. The number of amides is 1. The number of carbonyl (C=O) groups excluding carboxylic acids is 1. The zero-order valence-electron chi connectivity index (χ0n) is 12.2. The van der Waals surface area contributed by atoms with Crippen LogP contribution in [0.1, 0.15) is 18.2 Å². The first-order valence-electron chi connectivity index (χ1n) is 6.74. The molecule has 4 atom stereocenters. The standard InChI is InChI=1S/C12H14N3O8P/c13-9(17)2-1-6-4-15(12(19)14-11(6)18)10-3-7(23-24(20)21)8(5-16)22-10/h1-2,4,7-8,10,16H,3,5H2,(H3-,13,14,17,18,19,20,21)/p+1/b2-1+/t7-,8-,10-/m1/s1. The van der Waals surface area contributed by atoms with E-state index in [-0.39, 0.29) is 12.0 Å². The van der Waals surface area contributed by atoms with Gasteiger partial charge in [-0.05, 0) is 6.08 Å². The molecule has 1 aliphatic heterocycles. The number of carbonyl (C=O) groups is 1. The maximum atomic E-state index is 11.9. The lowest BCUT2D eigenvalue weighted by Crippen LogP contribution is -2.33. The van der Waals surface area contributed by atoms with Crippen LogP contribution in [0.15, 0.2) is 21.9 Å². The van der Waals surface area contributed by atoms with Crippen LogP contribution in [0, 0.1) is 0 Å². The molecule has 1 amide bonds. The molecule has 1 aliphatic rings. The minimum absolute atomic E-state index is 0.00220. The Labute approximate surface area is 135 Å². The molecule has 0 aliphatic carbocycles. The normalized spacial score (nSPS) is 24.4. The van der Waals surface area contributed by atoms with Crippen LogP contribution in [0.25, 0.3) is 6.08 Å². The van der Waals surface area contributed by atoms with Crippen LogP contribution in [0.5, 0.6) is 0 Å². The van der Waals surface area contributed by atoms with Crippen LogP contribution in [0.3, 0.4) is 0 Å². The molecular weight excluding hydrogens is 345 g/mol. The maximum absolute atomic E-state index is 11.9. The molecule has 0 bridgehead atoms.